The number of ether oxygens (including phenoxy) is 1. The maximum Gasteiger partial charge on any atom is 0.255 e. The number of pyridine rings is 1. The number of quaternary nitrogens is 1. The van der Waals surface area contributed by atoms with Gasteiger partial charge in [0.05, 0.1) is 39.4 Å². The SMILES string of the molecule is [NH3+][C@@H]1CCCC[C@@H]1Nc1cc2c(c(Nc3cc(-c4coc5c(=O)cc(N6CCOCC6)sc45)sn3)n1)C(=O)NC2. The van der Waals surface area contributed by atoms with Crippen LogP contribution in [0, 0.1) is 0 Å². The van der Waals surface area contributed by atoms with Gasteiger partial charge in [0.25, 0.3) is 5.91 Å². The first kappa shape index (κ1) is 25.4. The average Bonchev–Trinajstić information content (AvgIpc) is 3.69. The van der Waals surface area contributed by atoms with Crippen molar-refractivity contribution in [3.8, 4) is 10.4 Å². The van der Waals surface area contributed by atoms with E-state index >= 15 is 0 Å². The lowest BCUT2D eigenvalue weighted by Gasteiger charge is -2.27. The van der Waals surface area contributed by atoms with Crippen LogP contribution in [-0.4, -0.2) is 53.7 Å². The van der Waals surface area contributed by atoms with Gasteiger partial charge in [0.2, 0.25) is 5.43 Å². The largest absolute Gasteiger partial charge is 0.459 e. The summed E-state index contributed by atoms with van der Waals surface area (Å²) in [5.41, 5.74) is 6.79. The Morgan fingerprint density at radius 3 is 2.80 bits per heavy atom. The van der Waals surface area contributed by atoms with Gasteiger partial charge in [0.1, 0.15) is 29.8 Å². The van der Waals surface area contributed by atoms with Crippen LogP contribution in [0.4, 0.5) is 22.5 Å². The van der Waals surface area contributed by atoms with Gasteiger partial charge >= 0.3 is 0 Å². The molecule has 11 nitrogen and oxygen atoms in total. The standard InChI is InChI=1S/C27H29N7O4S2/c28-16-3-1-2-4-17(16)30-20-9-14-12-29-27(36)23(14)26(31-20)32-21-11-19(40-33-21)15-13-38-24-18(35)10-22(39-25(15)24)34-5-7-37-8-6-34/h9-11,13,16-17H,1-8,12,28H2,(H,29,36)(H2,30,31,32,33)/p+1/t16-,17+/m1/s1. The lowest BCUT2D eigenvalue weighted by atomic mass is 9.91. The number of rotatable bonds is 6. The van der Waals surface area contributed by atoms with Crippen LogP contribution in [0.2, 0.25) is 0 Å². The first-order chi connectivity index (χ1) is 19.5. The molecule has 1 saturated carbocycles. The number of hydrogen-bond donors (Lipinski definition) is 4. The van der Waals surface area contributed by atoms with Gasteiger partial charge in [-0.15, -0.1) is 11.3 Å². The minimum atomic E-state index is -0.152. The lowest BCUT2D eigenvalue weighted by molar-refractivity contribution is -0.427. The zero-order chi connectivity index (χ0) is 27.2. The number of hydrogen-bond acceptors (Lipinski definition) is 11. The Hall–Kier alpha value is -3.52. The summed E-state index contributed by atoms with van der Waals surface area (Å²) in [5.74, 6) is 1.63. The van der Waals surface area contributed by atoms with Crippen molar-refractivity contribution in [3.63, 3.8) is 0 Å². The lowest BCUT2D eigenvalue weighted by Crippen LogP contribution is -2.68. The molecule has 4 aromatic heterocycles. The zero-order valence-electron chi connectivity index (χ0n) is 21.8. The van der Waals surface area contributed by atoms with Crippen LogP contribution in [0.3, 0.4) is 0 Å². The van der Waals surface area contributed by atoms with E-state index in [2.05, 4.69) is 31.0 Å². The molecule has 3 aliphatic rings. The van der Waals surface area contributed by atoms with Gasteiger partial charge in [0, 0.05) is 43.8 Å². The predicted molar refractivity (Wildman–Crippen MR) is 156 cm³/mol. The Morgan fingerprint density at radius 2 is 1.95 bits per heavy atom. The van der Waals surface area contributed by atoms with Crippen LogP contribution >= 0.6 is 22.9 Å². The highest BCUT2D eigenvalue weighted by Crippen LogP contribution is 2.39. The molecule has 0 bridgehead atoms. The van der Waals surface area contributed by atoms with E-state index in [1.165, 1.54) is 24.4 Å². The monoisotopic (exact) mass is 580 g/mol. The van der Waals surface area contributed by atoms with Gasteiger partial charge in [-0.2, -0.15) is 4.37 Å². The summed E-state index contributed by atoms with van der Waals surface area (Å²) < 4.78 is 16.6. The number of carbonyl (C=O) groups excluding carboxylic acids is 1. The Morgan fingerprint density at radius 1 is 1.10 bits per heavy atom. The Kier molecular flexibility index (Phi) is 6.66. The summed E-state index contributed by atoms with van der Waals surface area (Å²) in [4.78, 5) is 33.3. The molecule has 2 fully saturated rings. The van der Waals surface area contributed by atoms with E-state index in [4.69, 9.17) is 14.1 Å². The van der Waals surface area contributed by atoms with Crippen LogP contribution < -0.4 is 32.0 Å². The summed E-state index contributed by atoms with van der Waals surface area (Å²) in [5, 5.41) is 10.7. The van der Waals surface area contributed by atoms with Crippen LogP contribution in [0.5, 0.6) is 0 Å². The minimum absolute atomic E-state index is 0.137. The molecule has 0 unspecified atom stereocenters. The Bertz CT molecular complexity index is 1640. The Labute approximate surface area is 237 Å². The molecule has 13 heteroatoms. The maximum atomic E-state index is 12.8. The molecule has 2 atom stereocenters. The third kappa shape index (κ3) is 4.72. The highest BCUT2D eigenvalue weighted by molar-refractivity contribution is 7.23. The number of anilines is 4. The average molecular weight is 581 g/mol. The molecule has 0 radical (unpaired) electrons. The third-order valence-corrected chi connectivity index (χ3v) is 9.80. The molecule has 1 aliphatic carbocycles. The number of morpholine rings is 1. The summed E-state index contributed by atoms with van der Waals surface area (Å²) >= 11 is 2.84. The van der Waals surface area contributed by atoms with Crippen molar-refractivity contribution < 1.29 is 19.7 Å². The van der Waals surface area contributed by atoms with Gasteiger partial charge in [-0.25, -0.2) is 4.98 Å². The van der Waals surface area contributed by atoms with Crippen molar-refractivity contribution in [2.24, 2.45) is 0 Å². The van der Waals surface area contributed by atoms with Crippen molar-refractivity contribution in [1.29, 1.82) is 0 Å². The summed E-state index contributed by atoms with van der Waals surface area (Å²) in [6.07, 6.45) is 6.16. The van der Waals surface area contributed by atoms with Gasteiger partial charge in [-0.3, -0.25) is 9.59 Å². The predicted octanol–water partition coefficient (Wildman–Crippen LogP) is 3.16. The molecule has 1 saturated heterocycles. The first-order valence-corrected chi connectivity index (χ1v) is 15.2. The number of fused-ring (bicyclic) bond motifs is 2. The zero-order valence-corrected chi connectivity index (χ0v) is 23.5. The fourth-order valence-corrected chi connectivity index (χ4v) is 7.60. The van der Waals surface area contributed by atoms with E-state index < -0.39 is 0 Å². The molecule has 4 aromatic rings. The highest BCUT2D eigenvalue weighted by atomic mass is 32.1. The molecule has 7 rings (SSSR count). The summed E-state index contributed by atoms with van der Waals surface area (Å²) in [6.45, 7) is 3.25. The van der Waals surface area contributed by atoms with Crippen molar-refractivity contribution in [3.05, 3.63) is 45.8 Å². The number of nitrogens with one attached hydrogen (secondary N) is 3. The van der Waals surface area contributed by atoms with E-state index in [0.717, 1.165) is 57.5 Å². The van der Waals surface area contributed by atoms with Crippen LogP contribution in [0.25, 0.3) is 20.7 Å². The molecule has 2 aliphatic heterocycles. The van der Waals surface area contributed by atoms with E-state index in [9.17, 15) is 9.59 Å². The van der Waals surface area contributed by atoms with Gasteiger partial charge in [0.15, 0.2) is 5.58 Å². The van der Waals surface area contributed by atoms with Crippen LogP contribution in [-0.2, 0) is 11.3 Å². The number of nitrogens with zero attached hydrogens (tertiary/aromatic N) is 3. The second kappa shape index (κ2) is 10.5. The quantitative estimate of drug-likeness (QED) is 0.270. The first-order valence-electron chi connectivity index (χ1n) is 13.6. The van der Waals surface area contributed by atoms with E-state index in [1.54, 1.807) is 23.7 Å². The van der Waals surface area contributed by atoms with E-state index in [-0.39, 0.29) is 17.4 Å². The number of amides is 1. The van der Waals surface area contributed by atoms with Crippen molar-refractivity contribution >= 4 is 61.5 Å². The smallest absolute Gasteiger partial charge is 0.255 e. The van der Waals surface area contributed by atoms with Crippen molar-refractivity contribution in [2.45, 2.75) is 44.3 Å². The maximum absolute atomic E-state index is 12.8. The van der Waals surface area contributed by atoms with Crippen molar-refractivity contribution in [1.82, 2.24) is 14.7 Å². The minimum Gasteiger partial charge on any atom is -0.459 e. The van der Waals surface area contributed by atoms with Gasteiger partial charge in [-0.05, 0) is 36.0 Å². The van der Waals surface area contributed by atoms with Gasteiger partial charge < -0.3 is 35.7 Å². The molecule has 6 N–H and O–H groups in total. The molecular formula is C27H30N7O4S2+. The fraction of sp³-hybridized carbons (Fsp3) is 0.407. The second-order valence-electron chi connectivity index (χ2n) is 10.4. The topological polar surface area (TPSA) is 149 Å². The van der Waals surface area contributed by atoms with Crippen LogP contribution in [0.15, 0.2) is 33.7 Å². The van der Waals surface area contributed by atoms with Crippen LogP contribution in [0.1, 0.15) is 41.6 Å². The number of carbonyl (C=O) groups is 1. The van der Waals surface area contributed by atoms with E-state index in [1.807, 2.05) is 12.1 Å². The molecule has 6 heterocycles. The molecule has 0 aromatic carbocycles. The molecule has 0 spiro atoms. The number of furan rings is 1. The highest BCUT2D eigenvalue weighted by Gasteiger charge is 2.29. The summed E-state index contributed by atoms with van der Waals surface area (Å²) in [7, 11) is 0. The summed E-state index contributed by atoms with van der Waals surface area (Å²) in [6, 6.07) is 6.09. The fourth-order valence-electron chi connectivity index (χ4n) is 5.63. The molecule has 40 heavy (non-hydrogen) atoms. The molecular weight excluding hydrogens is 550 g/mol. The number of aromatic nitrogens is 2. The third-order valence-electron chi connectivity index (χ3n) is 7.79. The molecule has 208 valence electrons. The van der Waals surface area contributed by atoms with Crippen molar-refractivity contribution in [2.75, 3.05) is 41.8 Å². The molecule has 1 amide bonds. The second-order valence-corrected chi connectivity index (χ2v) is 12.3. The normalized spacial score (nSPS) is 20.9. The Balaban J connectivity index is 1.19. The van der Waals surface area contributed by atoms with E-state index in [0.29, 0.717) is 48.6 Å². The van der Waals surface area contributed by atoms with Gasteiger partial charge in [-0.1, -0.05) is 6.42 Å².